The van der Waals surface area contributed by atoms with Crippen LogP contribution in [0.5, 0.6) is 5.75 Å². The van der Waals surface area contributed by atoms with Gasteiger partial charge in [-0.05, 0) is 19.9 Å². The summed E-state index contributed by atoms with van der Waals surface area (Å²) < 4.78 is 10.4. The van der Waals surface area contributed by atoms with Crippen molar-refractivity contribution in [3.05, 3.63) is 42.5 Å². The highest BCUT2D eigenvalue weighted by atomic mass is 16.5. The van der Waals surface area contributed by atoms with Gasteiger partial charge in [-0.25, -0.2) is 4.79 Å². The summed E-state index contributed by atoms with van der Waals surface area (Å²) in [5.74, 6) is -1.00. The minimum Gasteiger partial charge on any atom is -0.496 e. The summed E-state index contributed by atoms with van der Waals surface area (Å²) in [6.07, 6.45) is 1.51. The van der Waals surface area contributed by atoms with Crippen molar-refractivity contribution in [3.63, 3.8) is 0 Å². The lowest BCUT2D eigenvalue weighted by Gasteiger charge is -2.27. The van der Waals surface area contributed by atoms with Crippen LogP contribution in [0.2, 0.25) is 0 Å². The Morgan fingerprint density at radius 1 is 1.39 bits per heavy atom. The van der Waals surface area contributed by atoms with Crippen molar-refractivity contribution in [1.29, 1.82) is 0 Å². The van der Waals surface area contributed by atoms with Crippen LogP contribution in [0.3, 0.4) is 0 Å². The van der Waals surface area contributed by atoms with Crippen LogP contribution in [0, 0.1) is 0 Å². The molecule has 0 aliphatic rings. The molecule has 0 fully saturated rings. The number of carbonyl (C=O) groups excluding carboxylic acids is 1. The zero-order valence-corrected chi connectivity index (χ0v) is 13.7. The average molecular weight is 321 g/mol. The van der Waals surface area contributed by atoms with E-state index in [2.05, 4.69) is 11.9 Å². The van der Waals surface area contributed by atoms with Crippen molar-refractivity contribution in [1.82, 2.24) is 5.32 Å². The summed E-state index contributed by atoms with van der Waals surface area (Å²) in [4.78, 5) is 23.8. The number of para-hydroxylation sites is 1. The highest BCUT2D eigenvalue weighted by molar-refractivity contribution is 5.91. The molecule has 2 N–H and O–H groups in total. The minimum absolute atomic E-state index is 0.130. The molecular formula is C17H23NO5. The van der Waals surface area contributed by atoms with Gasteiger partial charge in [-0.3, -0.25) is 4.79 Å². The number of aliphatic carboxylic acids is 1. The Kier molecular flexibility index (Phi) is 6.78. The lowest BCUT2D eigenvalue weighted by atomic mass is 9.83. The molecule has 126 valence electrons. The molecule has 1 atom stereocenters. The second kappa shape index (κ2) is 8.33. The fraction of sp³-hybridized carbons (Fsp3) is 0.412. The van der Waals surface area contributed by atoms with E-state index in [1.54, 1.807) is 38.1 Å². The van der Waals surface area contributed by atoms with Crippen LogP contribution < -0.4 is 10.1 Å². The largest absolute Gasteiger partial charge is 0.496 e. The summed E-state index contributed by atoms with van der Waals surface area (Å²) in [5.41, 5.74) is -0.283. The SMILES string of the molecule is C=CCOCC(NC(=O)C(C)(C)c1ccccc1OC)C(=O)O. The Morgan fingerprint density at radius 2 is 2.04 bits per heavy atom. The molecule has 0 radical (unpaired) electrons. The molecule has 0 spiro atoms. The molecule has 0 bridgehead atoms. The summed E-state index contributed by atoms with van der Waals surface area (Å²) in [5, 5.41) is 11.7. The number of carboxylic acids is 1. The van der Waals surface area contributed by atoms with Gasteiger partial charge in [0.25, 0.3) is 0 Å². The Bertz CT molecular complexity index is 568. The Labute approximate surface area is 136 Å². The summed E-state index contributed by atoms with van der Waals surface area (Å²) in [6.45, 7) is 7.00. The number of carbonyl (C=O) groups is 2. The van der Waals surface area contributed by atoms with Crippen molar-refractivity contribution in [2.24, 2.45) is 0 Å². The first-order valence-corrected chi connectivity index (χ1v) is 7.20. The van der Waals surface area contributed by atoms with E-state index >= 15 is 0 Å². The molecule has 1 aromatic rings. The van der Waals surface area contributed by atoms with Crippen molar-refractivity contribution < 1.29 is 24.2 Å². The van der Waals surface area contributed by atoms with Crippen molar-refractivity contribution in [3.8, 4) is 5.75 Å². The summed E-state index contributed by atoms with van der Waals surface area (Å²) >= 11 is 0. The summed E-state index contributed by atoms with van der Waals surface area (Å²) in [7, 11) is 1.52. The molecule has 0 aromatic heterocycles. The van der Waals surface area contributed by atoms with Gasteiger partial charge in [0.15, 0.2) is 6.04 Å². The van der Waals surface area contributed by atoms with E-state index in [0.717, 1.165) is 0 Å². The molecule has 1 amide bonds. The Hall–Kier alpha value is -2.34. The first-order valence-electron chi connectivity index (χ1n) is 7.20. The second-order valence-corrected chi connectivity index (χ2v) is 5.52. The zero-order chi connectivity index (χ0) is 17.5. The van der Waals surface area contributed by atoms with E-state index in [0.29, 0.717) is 11.3 Å². The molecule has 0 saturated carbocycles. The van der Waals surface area contributed by atoms with Crippen LogP contribution in [-0.4, -0.2) is 43.3 Å². The molecule has 0 aliphatic heterocycles. The number of rotatable bonds is 9. The Morgan fingerprint density at radius 3 is 2.61 bits per heavy atom. The number of amides is 1. The number of hydrogen-bond donors (Lipinski definition) is 2. The normalized spacial score (nSPS) is 12.3. The number of ether oxygens (including phenoxy) is 2. The fourth-order valence-corrected chi connectivity index (χ4v) is 2.07. The minimum atomic E-state index is -1.15. The van der Waals surface area contributed by atoms with Crippen LogP contribution in [-0.2, 0) is 19.7 Å². The van der Waals surface area contributed by atoms with Gasteiger partial charge in [0.05, 0.1) is 25.7 Å². The standard InChI is InChI=1S/C17H23NO5/c1-5-10-23-11-13(15(19)20)18-16(21)17(2,3)12-8-6-7-9-14(12)22-4/h5-9,13H,1,10-11H2,2-4H3,(H,18,21)(H,19,20). The summed E-state index contributed by atoms with van der Waals surface area (Å²) in [6, 6.07) is 6.01. The topological polar surface area (TPSA) is 84.9 Å². The Balaban J connectivity index is 2.92. The zero-order valence-electron chi connectivity index (χ0n) is 13.7. The highest BCUT2D eigenvalue weighted by Crippen LogP contribution is 2.31. The van der Waals surface area contributed by atoms with Gasteiger partial charge in [0.2, 0.25) is 5.91 Å². The molecular weight excluding hydrogens is 298 g/mol. The number of carboxylic acid groups (broad SMARTS) is 1. The third-order valence-corrected chi connectivity index (χ3v) is 3.47. The predicted octanol–water partition coefficient (Wildman–Crippen LogP) is 1.74. The molecule has 1 rings (SSSR count). The number of methoxy groups -OCH3 is 1. The van der Waals surface area contributed by atoms with E-state index in [-0.39, 0.29) is 13.2 Å². The molecule has 0 heterocycles. The molecule has 6 heteroatoms. The van der Waals surface area contributed by atoms with E-state index < -0.39 is 23.3 Å². The lowest BCUT2D eigenvalue weighted by Crippen LogP contribution is -2.50. The second-order valence-electron chi connectivity index (χ2n) is 5.52. The highest BCUT2D eigenvalue weighted by Gasteiger charge is 2.35. The maximum atomic E-state index is 12.6. The van der Waals surface area contributed by atoms with Gasteiger partial charge in [0.1, 0.15) is 5.75 Å². The predicted molar refractivity (Wildman–Crippen MR) is 86.6 cm³/mol. The number of benzene rings is 1. The van der Waals surface area contributed by atoms with Gasteiger partial charge in [0, 0.05) is 5.56 Å². The fourth-order valence-electron chi connectivity index (χ4n) is 2.07. The van der Waals surface area contributed by atoms with Gasteiger partial charge in [-0.1, -0.05) is 24.3 Å². The van der Waals surface area contributed by atoms with Gasteiger partial charge < -0.3 is 19.9 Å². The molecule has 1 aromatic carbocycles. The van der Waals surface area contributed by atoms with Gasteiger partial charge in [-0.2, -0.15) is 0 Å². The molecule has 0 saturated heterocycles. The van der Waals surface area contributed by atoms with Crippen LogP contribution >= 0.6 is 0 Å². The monoisotopic (exact) mass is 321 g/mol. The lowest BCUT2D eigenvalue weighted by molar-refractivity contribution is -0.144. The average Bonchev–Trinajstić information content (AvgIpc) is 2.53. The van der Waals surface area contributed by atoms with E-state index in [9.17, 15) is 14.7 Å². The van der Waals surface area contributed by atoms with E-state index in [1.807, 2.05) is 0 Å². The molecule has 0 aliphatic carbocycles. The van der Waals surface area contributed by atoms with Crippen LogP contribution in [0.4, 0.5) is 0 Å². The smallest absolute Gasteiger partial charge is 0.328 e. The number of hydrogen-bond acceptors (Lipinski definition) is 4. The van der Waals surface area contributed by atoms with Crippen LogP contribution in [0.25, 0.3) is 0 Å². The first kappa shape index (κ1) is 18.7. The van der Waals surface area contributed by atoms with Crippen LogP contribution in [0.1, 0.15) is 19.4 Å². The van der Waals surface area contributed by atoms with Gasteiger partial charge >= 0.3 is 5.97 Å². The first-order chi connectivity index (χ1) is 10.8. The molecule has 1 unspecified atom stereocenters. The van der Waals surface area contributed by atoms with Crippen LogP contribution in [0.15, 0.2) is 36.9 Å². The van der Waals surface area contributed by atoms with Crippen molar-refractivity contribution >= 4 is 11.9 Å². The maximum Gasteiger partial charge on any atom is 0.328 e. The van der Waals surface area contributed by atoms with E-state index in [1.165, 1.54) is 13.2 Å². The van der Waals surface area contributed by atoms with Crippen molar-refractivity contribution in [2.75, 3.05) is 20.3 Å². The maximum absolute atomic E-state index is 12.6. The molecule has 6 nitrogen and oxygen atoms in total. The quantitative estimate of drug-likeness (QED) is 0.534. The third kappa shape index (κ3) is 4.82. The van der Waals surface area contributed by atoms with E-state index in [4.69, 9.17) is 9.47 Å². The van der Waals surface area contributed by atoms with Crippen molar-refractivity contribution in [2.45, 2.75) is 25.3 Å². The number of nitrogens with one attached hydrogen (secondary N) is 1. The molecule has 23 heavy (non-hydrogen) atoms. The third-order valence-electron chi connectivity index (χ3n) is 3.47. The van der Waals surface area contributed by atoms with Gasteiger partial charge in [-0.15, -0.1) is 6.58 Å².